The standard InChI is InChI=1S/C13H13F3O4/c1-3-8(12(17)19-4-2)13(18)20-11-9(15)5-7(14)6-10(11)16/h5-6,8H,3-4H2,1-2H3. The van der Waals surface area contributed by atoms with E-state index in [4.69, 9.17) is 0 Å². The summed E-state index contributed by atoms with van der Waals surface area (Å²) in [4.78, 5) is 23.2. The van der Waals surface area contributed by atoms with E-state index in [0.29, 0.717) is 12.1 Å². The first-order valence-electron chi connectivity index (χ1n) is 5.93. The third-order valence-corrected chi connectivity index (χ3v) is 2.43. The van der Waals surface area contributed by atoms with Crippen LogP contribution in [0.1, 0.15) is 20.3 Å². The van der Waals surface area contributed by atoms with Crippen molar-refractivity contribution in [3.05, 3.63) is 29.6 Å². The number of halogens is 3. The lowest BCUT2D eigenvalue weighted by atomic mass is 10.1. The minimum atomic E-state index is -1.37. The van der Waals surface area contributed by atoms with Gasteiger partial charge in [-0.1, -0.05) is 6.92 Å². The Labute approximate surface area is 113 Å². The molecule has 1 aromatic rings. The second-order valence-electron chi connectivity index (χ2n) is 3.83. The molecule has 0 aliphatic carbocycles. The highest BCUT2D eigenvalue weighted by molar-refractivity contribution is 5.95. The van der Waals surface area contributed by atoms with Crippen LogP contribution in [0.4, 0.5) is 13.2 Å². The van der Waals surface area contributed by atoms with E-state index in [1.807, 2.05) is 0 Å². The molecule has 0 fully saturated rings. The number of rotatable bonds is 5. The Balaban J connectivity index is 2.92. The van der Waals surface area contributed by atoms with E-state index in [2.05, 4.69) is 9.47 Å². The SMILES string of the molecule is CCOC(=O)C(CC)C(=O)Oc1c(F)cc(F)cc1F. The van der Waals surface area contributed by atoms with E-state index in [9.17, 15) is 22.8 Å². The lowest BCUT2D eigenvalue weighted by Crippen LogP contribution is -2.29. The molecule has 0 radical (unpaired) electrons. The van der Waals surface area contributed by atoms with Crippen molar-refractivity contribution in [2.45, 2.75) is 20.3 Å². The molecule has 0 amide bonds. The lowest BCUT2D eigenvalue weighted by Gasteiger charge is -2.13. The Morgan fingerprint density at radius 1 is 1.10 bits per heavy atom. The second kappa shape index (κ2) is 6.93. The molecule has 0 heterocycles. The molecule has 4 nitrogen and oxygen atoms in total. The smallest absolute Gasteiger partial charge is 0.325 e. The Kier molecular flexibility index (Phi) is 5.54. The lowest BCUT2D eigenvalue weighted by molar-refractivity contribution is -0.157. The van der Waals surface area contributed by atoms with Crippen molar-refractivity contribution in [1.82, 2.24) is 0 Å². The van der Waals surface area contributed by atoms with Gasteiger partial charge in [0.15, 0.2) is 17.6 Å². The van der Waals surface area contributed by atoms with Gasteiger partial charge < -0.3 is 9.47 Å². The molecule has 20 heavy (non-hydrogen) atoms. The van der Waals surface area contributed by atoms with Crippen molar-refractivity contribution >= 4 is 11.9 Å². The van der Waals surface area contributed by atoms with E-state index < -0.39 is 41.1 Å². The third-order valence-electron chi connectivity index (χ3n) is 2.43. The predicted octanol–water partition coefficient (Wildman–Crippen LogP) is 2.60. The summed E-state index contributed by atoms with van der Waals surface area (Å²) in [6.07, 6.45) is 0.0437. The first-order valence-corrected chi connectivity index (χ1v) is 5.93. The average molecular weight is 290 g/mol. The zero-order chi connectivity index (χ0) is 15.3. The maximum absolute atomic E-state index is 13.3. The van der Waals surface area contributed by atoms with Crippen LogP contribution in [0.15, 0.2) is 12.1 Å². The normalized spacial score (nSPS) is 11.8. The molecule has 0 aromatic heterocycles. The van der Waals surface area contributed by atoms with Crippen molar-refractivity contribution in [3.8, 4) is 5.75 Å². The molecule has 0 saturated heterocycles. The van der Waals surface area contributed by atoms with Gasteiger partial charge in [0.05, 0.1) is 6.61 Å². The molecule has 0 saturated carbocycles. The number of ether oxygens (including phenoxy) is 2. The van der Waals surface area contributed by atoms with Gasteiger partial charge in [0.25, 0.3) is 0 Å². The van der Waals surface area contributed by atoms with Crippen LogP contribution in [0.3, 0.4) is 0 Å². The fourth-order valence-electron chi connectivity index (χ4n) is 1.47. The molecule has 1 aromatic carbocycles. The van der Waals surface area contributed by atoms with Crippen molar-refractivity contribution in [2.24, 2.45) is 5.92 Å². The van der Waals surface area contributed by atoms with Crippen LogP contribution in [0.25, 0.3) is 0 Å². The van der Waals surface area contributed by atoms with Crippen molar-refractivity contribution in [1.29, 1.82) is 0 Å². The van der Waals surface area contributed by atoms with E-state index in [1.165, 1.54) is 6.92 Å². The Hall–Kier alpha value is -2.05. The van der Waals surface area contributed by atoms with Gasteiger partial charge in [-0.15, -0.1) is 0 Å². The van der Waals surface area contributed by atoms with Crippen molar-refractivity contribution < 1.29 is 32.2 Å². The first-order chi connectivity index (χ1) is 9.40. The summed E-state index contributed by atoms with van der Waals surface area (Å²) in [5.41, 5.74) is 0. The highest BCUT2D eigenvalue weighted by Gasteiger charge is 2.30. The maximum Gasteiger partial charge on any atom is 0.325 e. The van der Waals surface area contributed by atoms with Crippen LogP contribution in [0.5, 0.6) is 5.75 Å². The fraction of sp³-hybridized carbons (Fsp3) is 0.385. The number of hydrogen-bond acceptors (Lipinski definition) is 4. The minimum Gasteiger partial charge on any atom is -0.465 e. The van der Waals surface area contributed by atoms with Gasteiger partial charge in [-0.25, -0.2) is 13.2 Å². The van der Waals surface area contributed by atoms with Gasteiger partial charge in [0.2, 0.25) is 5.75 Å². The van der Waals surface area contributed by atoms with E-state index in [0.717, 1.165) is 0 Å². The molecular formula is C13H13F3O4. The van der Waals surface area contributed by atoms with Crippen molar-refractivity contribution in [2.75, 3.05) is 6.61 Å². The van der Waals surface area contributed by atoms with Crippen LogP contribution >= 0.6 is 0 Å². The highest BCUT2D eigenvalue weighted by atomic mass is 19.1. The summed E-state index contributed by atoms with van der Waals surface area (Å²) in [7, 11) is 0. The van der Waals surface area contributed by atoms with Gasteiger partial charge in [-0.3, -0.25) is 9.59 Å². The van der Waals surface area contributed by atoms with Crippen molar-refractivity contribution in [3.63, 3.8) is 0 Å². The molecule has 0 bridgehead atoms. The molecule has 0 aliphatic heterocycles. The average Bonchev–Trinajstić information content (AvgIpc) is 2.35. The van der Waals surface area contributed by atoms with Crippen LogP contribution in [0.2, 0.25) is 0 Å². The minimum absolute atomic E-state index is 0.0437. The molecule has 0 N–H and O–H groups in total. The predicted molar refractivity (Wildman–Crippen MR) is 62.4 cm³/mol. The van der Waals surface area contributed by atoms with Gasteiger partial charge in [-0.05, 0) is 13.3 Å². The van der Waals surface area contributed by atoms with Crippen LogP contribution in [-0.2, 0) is 14.3 Å². The summed E-state index contributed by atoms with van der Waals surface area (Å²) < 4.78 is 48.5. The Morgan fingerprint density at radius 3 is 2.10 bits per heavy atom. The summed E-state index contributed by atoms with van der Waals surface area (Å²) in [6.45, 7) is 3.12. The molecule has 1 rings (SSSR count). The molecule has 0 spiro atoms. The van der Waals surface area contributed by atoms with Gasteiger partial charge in [0, 0.05) is 12.1 Å². The topological polar surface area (TPSA) is 52.6 Å². The van der Waals surface area contributed by atoms with Crippen LogP contribution in [0, 0.1) is 23.4 Å². The zero-order valence-corrected chi connectivity index (χ0v) is 10.9. The highest BCUT2D eigenvalue weighted by Crippen LogP contribution is 2.24. The van der Waals surface area contributed by atoms with E-state index in [-0.39, 0.29) is 13.0 Å². The largest absolute Gasteiger partial charge is 0.465 e. The number of carbonyl (C=O) groups excluding carboxylic acids is 2. The Bertz CT molecular complexity index is 493. The van der Waals surface area contributed by atoms with Gasteiger partial charge >= 0.3 is 11.9 Å². The van der Waals surface area contributed by atoms with E-state index in [1.54, 1.807) is 6.92 Å². The third kappa shape index (κ3) is 3.72. The quantitative estimate of drug-likeness (QED) is 0.475. The Morgan fingerprint density at radius 2 is 1.65 bits per heavy atom. The first kappa shape index (κ1) is 16.0. The summed E-state index contributed by atoms with van der Waals surface area (Å²) >= 11 is 0. The number of carbonyl (C=O) groups is 2. The maximum atomic E-state index is 13.3. The second-order valence-corrected chi connectivity index (χ2v) is 3.83. The molecule has 0 aliphatic rings. The van der Waals surface area contributed by atoms with Gasteiger partial charge in [-0.2, -0.15) is 0 Å². The molecule has 1 unspecified atom stereocenters. The number of esters is 2. The summed E-state index contributed by atoms with van der Waals surface area (Å²) in [6, 6.07) is 0.744. The zero-order valence-electron chi connectivity index (χ0n) is 10.9. The molecule has 110 valence electrons. The number of benzene rings is 1. The van der Waals surface area contributed by atoms with Gasteiger partial charge in [0.1, 0.15) is 5.82 Å². The molecule has 1 atom stereocenters. The molecular weight excluding hydrogens is 277 g/mol. The van der Waals surface area contributed by atoms with Crippen LogP contribution in [-0.4, -0.2) is 18.5 Å². The van der Waals surface area contributed by atoms with E-state index >= 15 is 0 Å². The summed E-state index contributed by atoms with van der Waals surface area (Å²) in [5, 5.41) is 0. The number of hydrogen-bond donors (Lipinski definition) is 0. The molecule has 7 heteroatoms. The van der Waals surface area contributed by atoms with Crippen LogP contribution < -0.4 is 4.74 Å². The monoisotopic (exact) mass is 290 g/mol. The summed E-state index contributed by atoms with van der Waals surface area (Å²) in [5.74, 6) is -8.21. The fourth-order valence-corrected chi connectivity index (χ4v) is 1.47.